The summed E-state index contributed by atoms with van der Waals surface area (Å²) in [6, 6.07) is 1.03. The Balaban J connectivity index is 2.73. The van der Waals surface area contributed by atoms with Gasteiger partial charge < -0.3 is 20.7 Å². The fraction of sp³-hybridized carbons (Fsp3) is 0.400. The molecule has 4 N–H and O–H groups in total. The van der Waals surface area contributed by atoms with E-state index in [1.807, 2.05) is 13.8 Å². The van der Waals surface area contributed by atoms with Crippen LogP contribution in [-0.4, -0.2) is 23.0 Å². The molecule has 0 spiro atoms. The van der Waals surface area contributed by atoms with Crippen LogP contribution in [0.1, 0.15) is 24.2 Å². The lowest BCUT2D eigenvalue weighted by atomic mass is 10.0. The lowest BCUT2D eigenvalue weighted by Gasteiger charge is -2.20. The van der Waals surface area contributed by atoms with Crippen LogP contribution in [0.15, 0.2) is 28.2 Å². The topological polar surface area (TPSA) is 101 Å². The number of hydrogen-bond acceptors (Lipinski definition) is 4. The number of furan rings is 1. The lowest BCUT2D eigenvalue weighted by molar-refractivity contribution is 0.0938. The number of carbonyl (C=O) groups excluding carboxylic acids is 1. The van der Waals surface area contributed by atoms with Crippen molar-refractivity contribution < 1.29 is 14.4 Å². The van der Waals surface area contributed by atoms with E-state index in [2.05, 4.69) is 10.5 Å². The number of carbonyl (C=O) groups is 1. The Morgan fingerprint density at radius 1 is 1.62 bits per heavy atom. The van der Waals surface area contributed by atoms with Crippen LogP contribution in [0.3, 0.4) is 0 Å². The number of hydrogen-bond donors (Lipinski definition) is 3. The summed E-state index contributed by atoms with van der Waals surface area (Å²) < 4.78 is 4.79. The van der Waals surface area contributed by atoms with Crippen molar-refractivity contribution in [3.05, 3.63) is 24.2 Å². The smallest absolute Gasteiger partial charge is 0.255 e. The first-order valence-corrected chi connectivity index (χ1v) is 4.86. The monoisotopic (exact) mass is 225 g/mol. The second-order valence-corrected chi connectivity index (χ2v) is 3.73. The first-order valence-electron chi connectivity index (χ1n) is 4.86. The second kappa shape index (κ2) is 5.20. The van der Waals surface area contributed by atoms with Gasteiger partial charge >= 0.3 is 0 Å². The van der Waals surface area contributed by atoms with Crippen LogP contribution in [0.25, 0.3) is 0 Å². The molecular weight excluding hydrogens is 210 g/mol. The van der Waals surface area contributed by atoms with Crippen molar-refractivity contribution in [1.82, 2.24) is 5.32 Å². The molecule has 0 aromatic carbocycles. The van der Waals surface area contributed by atoms with E-state index in [-0.39, 0.29) is 17.7 Å². The zero-order valence-corrected chi connectivity index (χ0v) is 9.18. The first-order chi connectivity index (χ1) is 7.56. The summed E-state index contributed by atoms with van der Waals surface area (Å²) in [6.07, 6.45) is 2.74. The number of amidine groups is 1. The first kappa shape index (κ1) is 12.1. The minimum absolute atomic E-state index is 0.0201. The average Bonchev–Trinajstić information content (AvgIpc) is 2.77. The van der Waals surface area contributed by atoms with Gasteiger partial charge in [0.05, 0.1) is 17.9 Å². The van der Waals surface area contributed by atoms with Crippen molar-refractivity contribution in [2.75, 3.05) is 0 Å². The highest BCUT2D eigenvalue weighted by Gasteiger charge is 2.21. The summed E-state index contributed by atoms with van der Waals surface area (Å²) in [6.45, 7) is 3.72. The van der Waals surface area contributed by atoms with Crippen molar-refractivity contribution in [3.63, 3.8) is 0 Å². The Kier molecular flexibility index (Phi) is 3.93. The molecule has 6 nitrogen and oxygen atoms in total. The zero-order valence-electron chi connectivity index (χ0n) is 9.18. The molecule has 1 unspecified atom stereocenters. The second-order valence-electron chi connectivity index (χ2n) is 3.73. The normalized spacial score (nSPS) is 13.8. The average molecular weight is 225 g/mol. The molecule has 1 rings (SSSR count). The number of amides is 1. The summed E-state index contributed by atoms with van der Waals surface area (Å²) in [5.74, 6) is -0.322. The molecule has 0 saturated heterocycles. The van der Waals surface area contributed by atoms with E-state index in [4.69, 9.17) is 15.4 Å². The van der Waals surface area contributed by atoms with Crippen LogP contribution >= 0.6 is 0 Å². The Labute approximate surface area is 93.1 Å². The van der Waals surface area contributed by atoms with Gasteiger partial charge in [0.2, 0.25) is 0 Å². The van der Waals surface area contributed by atoms with E-state index in [0.29, 0.717) is 5.56 Å². The van der Waals surface area contributed by atoms with E-state index in [9.17, 15) is 4.79 Å². The van der Waals surface area contributed by atoms with E-state index in [0.717, 1.165) is 0 Å². The van der Waals surface area contributed by atoms with Crippen molar-refractivity contribution in [2.45, 2.75) is 19.9 Å². The third-order valence-corrected chi connectivity index (χ3v) is 2.17. The third-order valence-electron chi connectivity index (χ3n) is 2.17. The van der Waals surface area contributed by atoms with Crippen LogP contribution in [-0.2, 0) is 0 Å². The minimum Gasteiger partial charge on any atom is -0.472 e. The van der Waals surface area contributed by atoms with Gasteiger partial charge in [-0.1, -0.05) is 19.0 Å². The molecule has 0 aliphatic carbocycles. The van der Waals surface area contributed by atoms with Crippen LogP contribution < -0.4 is 11.1 Å². The van der Waals surface area contributed by atoms with Gasteiger partial charge in [0.1, 0.15) is 6.26 Å². The molecule has 0 aliphatic heterocycles. The predicted molar refractivity (Wildman–Crippen MR) is 58.2 cm³/mol. The van der Waals surface area contributed by atoms with Gasteiger partial charge in [0.15, 0.2) is 5.84 Å². The highest BCUT2D eigenvalue weighted by Crippen LogP contribution is 2.05. The summed E-state index contributed by atoms with van der Waals surface area (Å²) in [5, 5.41) is 14.1. The number of nitrogens with zero attached hydrogens (tertiary/aromatic N) is 1. The summed E-state index contributed by atoms with van der Waals surface area (Å²) in [5.41, 5.74) is 5.88. The standard InChI is InChI=1S/C10H15N3O3/c1-6(2)8(9(11)13-15)12-10(14)7-3-4-16-5-7/h3-6,8,15H,1-2H3,(H2,11,13)(H,12,14). The maximum atomic E-state index is 11.7. The minimum atomic E-state index is -0.507. The maximum Gasteiger partial charge on any atom is 0.255 e. The van der Waals surface area contributed by atoms with Crippen molar-refractivity contribution in [1.29, 1.82) is 0 Å². The van der Waals surface area contributed by atoms with Crippen molar-refractivity contribution >= 4 is 11.7 Å². The molecule has 0 radical (unpaired) electrons. The summed E-state index contributed by atoms with van der Waals surface area (Å²) in [4.78, 5) is 11.7. The Morgan fingerprint density at radius 2 is 2.31 bits per heavy atom. The maximum absolute atomic E-state index is 11.7. The van der Waals surface area contributed by atoms with E-state index >= 15 is 0 Å². The Bertz CT molecular complexity index is 371. The predicted octanol–water partition coefficient (Wildman–Crippen LogP) is 0.780. The van der Waals surface area contributed by atoms with Crippen molar-refractivity contribution in [3.8, 4) is 0 Å². The molecule has 1 amide bonds. The number of nitrogens with two attached hydrogens (primary N) is 1. The third kappa shape index (κ3) is 2.75. The molecule has 16 heavy (non-hydrogen) atoms. The largest absolute Gasteiger partial charge is 0.472 e. The number of rotatable bonds is 4. The van der Waals surface area contributed by atoms with Crippen LogP contribution in [0.5, 0.6) is 0 Å². The fourth-order valence-electron chi connectivity index (χ4n) is 1.26. The molecule has 0 bridgehead atoms. The van der Waals surface area contributed by atoms with Gasteiger partial charge in [-0.3, -0.25) is 4.79 Å². The summed E-state index contributed by atoms with van der Waals surface area (Å²) in [7, 11) is 0. The molecule has 88 valence electrons. The number of oxime groups is 1. The van der Waals surface area contributed by atoms with Crippen molar-refractivity contribution in [2.24, 2.45) is 16.8 Å². The van der Waals surface area contributed by atoms with Gasteiger partial charge in [0, 0.05) is 0 Å². The Morgan fingerprint density at radius 3 is 2.75 bits per heavy atom. The molecule has 1 heterocycles. The molecule has 1 aromatic heterocycles. The SMILES string of the molecule is CC(C)C(NC(=O)c1ccoc1)C(N)=NO. The molecule has 0 fully saturated rings. The van der Waals surface area contributed by atoms with Gasteiger partial charge in [0.25, 0.3) is 5.91 Å². The highest BCUT2D eigenvalue weighted by molar-refractivity contribution is 5.98. The van der Waals surface area contributed by atoms with Gasteiger partial charge in [-0.05, 0) is 12.0 Å². The molecule has 0 aliphatic rings. The molecule has 1 atom stereocenters. The molecule has 0 saturated carbocycles. The van der Waals surface area contributed by atoms with Crippen LogP contribution in [0.2, 0.25) is 0 Å². The van der Waals surface area contributed by atoms with Crippen LogP contribution in [0, 0.1) is 5.92 Å². The quantitative estimate of drug-likeness (QED) is 0.305. The molecular formula is C10H15N3O3. The van der Waals surface area contributed by atoms with E-state index < -0.39 is 6.04 Å². The summed E-state index contributed by atoms with van der Waals surface area (Å²) >= 11 is 0. The van der Waals surface area contributed by atoms with E-state index in [1.165, 1.54) is 12.5 Å². The zero-order chi connectivity index (χ0) is 12.1. The van der Waals surface area contributed by atoms with E-state index in [1.54, 1.807) is 6.07 Å². The number of nitrogens with one attached hydrogen (secondary N) is 1. The Hall–Kier alpha value is -1.98. The van der Waals surface area contributed by atoms with Crippen LogP contribution in [0.4, 0.5) is 0 Å². The fourth-order valence-corrected chi connectivity index (χ4v) is 1.26. The van der Waals surface area contributed by atoms with Gasteiger partial charge in [-0.2, -0.15) is 0 Å². The highest BCUT2D eigenvalue weighted by atomic mass is 16.4. The molecule has 1 aromatic rings. The van der Waals surface area contributed by atoms with Gasteiger partial charge in [-0.15, -0.1) is 0 Å². The lowest BCUT2D eigenvalue weighted by Crippen LogP contribution is -2.47. The molecule has 6 heteroatoms. The van der Waals surface area contributed by atoms with Gasteiger partial charge in [-0.25, -0.2) is 0 Å².